The number of nitrogens with zero attached hydrogens (tertiary/aromatic N) is 4. The van der Waals surface area contributed by atoms with Crippen LogP contribution in [0.5, 0.6) is 0 Å². The minimum absolute atomic E-state index is 0.280. The quantitative estimate of drug-likeness (QED) is 0.650. The third kappa shape index (κ3) is 4.87. The summed E-state index contributed by atoms with van der Waals surface area (Å²) in [5.41, 5.74) is 6.60. The first-order chi connectivity index (χ1) is 12.8. The molecule has 144 valence electrons. The summed E-state index contributed by atoms with van der Waals surface area (Å²) < 4.78 is 5.42. The molecular weight excluding hydrogens is 342 g/mol. The van der Waals surface area contributed by atoms with E-state index in [-0.39, 0.29) is 6.09 Å². The molecule has 0 bridgehead atoms. The molecular formula is C20H27N5O2. The average molecular weight is 369 g/mol. The van der Waals surface area contributed by atoms with Crippen LogP contribution in [0.4, 0.5) is 4.79 Å². The van der Waals surface area contributed by atoms with Crippen LogP contribution in [0.25, 0.3) is 10.8 Å². The highest BCUT2D eigenvalue weighted by atomic mass is 16.6. The van der Waals surface area contributed by atoms with Gasteiger partial charge < -0.3 is 20.3 Å². The highest BCUT2D eigenvalue weighted by Crippen LogP contribution is 2.17. The molecule has 0 radical (unpaired) electrons. The maximum atomic E-state index is 12.1. The zero-order valence-electron chi connectivity index (χ0n) is 16.2. The number of guanidine groups is 1. The van der Waals surface area contributed by atoms with Gasteiger partial charge in [-0.15, -0.1) is 0 Å². The molecule has 7 heteroatoms. The van der Waals surface area contributed by atoms with Crippen molar-refractivity contribution in [3.63, 3.8) is 0 Å². The number of pyridine rings is 1. The van der Waals surface area contributed by atoms with Gasteiger partial charge in [0.15, 0.2) is 5.96 Å². The standard InChI is InChI=1S/C20H27N5O2/c1-20(2,3)27-19(26)25-12-10-24(11-13-25)18(21)23-14-17-16-7-5-4-6-15(16)8-9-22-17/h4-9H,10-14H2,1-3H3,(H2,21,23). The monoisotopic (exact) mass is 369 g/mol. The number of carbonyl (C=O) groups excluding carboxylic acids is 1. The van der Waals surface area contributed by atoms with Gasteiger partial charge >= 0.3 is 6.09 Å². The number of nitrogens with two attached hydrogens (primary N) is 1. The van der Waals surface area contributed by atoms with Crippen LogP contribution < -0.4 is 5.73 Å². The molecule has 1 amide bonds. The van der Waals surface area contributed by atoms with E-state index in [1.807, 2.05) is 49.9 Å². The van der Waals surface area contributed by atoms with Gasteiger partial charge in [-0.25, -0.2) is 9.79 Å². The van der Waals surface area contributed by atoms with E-state index in [9.17, 15) is 4.79 Å². The molecule has 7 nitrogen and oxygen atoms in total. The maximum absolute atomic E-state index is 12.1. The van der Waals surface area contributed by atoms with Crippen molar-refractivity contribution >= 4 is 22.8 Å². The Kier molecular flexibility index (Phi) is 5.48. The molecule has 27 heavy (non-hydrogen) atoms. The average Bonchev–Trinajstić information content (AvgIpc) is 2.65. The van der Waals surface area contributed by atoms with Crippen molar-refractivity contribution < 1.29 is 9.53 Å². The molecule has 3 rings (SSSR count). The van der Waals surface area contributed by atoms with E-state index in [0.717, 1.165) is 16.5 Å². The van der Waals surface area contributed by atoms with E-state index in [0.29, 0.717) is 38.7 Å². The lowest BCUT2D eigenvalue weighted by molar-refractivity contribution is 0.0186. The number of rotatable bonds is 2. The van der Waals surface area contributed by atoms with Crippen LogP contribution in [-0.2, 0) is 11.3 Å². The third-order valence-electron chi connectivity index (χ3n) is 4.40. The number of hydrogen-bond donors (Lipinski definition) is 1. The van der Waals surface area contributed by atoms with Crippen LogP contribution >= 0.6 is 0 Å². The Balaban J connectivity index is 1.59. The molecule has 2 aromatic rings. The number of amides is 1. The number of piperazine rings is 1. The van der Waals surface area contributed by atoms with Gasteiger partial charge in [-0.05, 0) is 32.2 Å². The number of hydrogen-bond acceptors (Lipinski definition) is 4. The van der Waals surface area contributed by atoms with Crippen molar-refractivity contribution in [1.29, 1.82) is 0 Å². The molecule has 1 saturated heterocycles. The van der Waals surface area contributed by atoms with Crippen LogP contribution in [0, 0.1) is 0 Å². The van der Waals surface area contributed by atoms with Crippen LogP contribution in [0.2, 0.25) is 0 Å². The van der Waals surface area contributed by atoms with Crippen molar-refractivity contribution in [1.82, 2.24) is 14.8 Å². The van der Waals surface area contributed by atoms with Crippen molar-refractivity contribution in [3.8, 4) is 0 Å². The SMILES string of the molecule is CC(C)(C)OC(=O)N1CCN(C(N)=NCc2nccc3ccccc23)CC1. The lowest BCUT2D eigenvalue weighted by atomic mass is 10.1. The van der Waals surface area contributed by atoms with E-state index in [1.54, 1.807) is 11.1 Å². The number of ether oxygens (including phenoxy) is 1. The highest BCUT2D eigenvalue weighted by molar-refractivity contribution is 5.84. The summed E-state index contributed by atoms with van der Waals surface area (Å²) in [4.78, 5) is 24.8. The minimum atomic E-state index is -0.486. The second kappa shape index (κ2) is 7.82. The first kappa shape index (κ1) is 18.9. The normalized spacial score (nSPS) is 15.9. The van der Waals surface area contributed by atoms with Crippen molar-refractivity contribution in [3.05, 3.63) is 42.2 Å². The fourth-order valence-corrected chi connectivity index (χ4v) is 3.01. The first-order valence-corrected chi connectivity index (χ1v) is 9.19. The fraction of sp³-hybridized carbons (Fsp3) is 0.450. The summed E-state index contributed by atoms with van der Waals surface area (Å²) >= 11 is 0. The Labute approximate surface area is 159 Å². The molecule has 0 saturated carbocycles. The number of benzene rings is 1. The summed E-state index contributed by atoms with van der Waals surface area (Å²) in [6.07, 6.45) is 1.51. The van der Waals surface area contributed by atoms with E-state index in [1.165, 1.54) is 0 Å². The zero-order valence-corrected chi connectivity index (χ0v) is 16.2. The van der Waals surface area contributed by atoms with Gasteiger partial charge in [0.05, 0.1) is 12.2 Å². The highest BCUT2D eigenvalue weighted by Gasteiger charge is 2.26. The van der Waals surface area contributed by atoms with Gasteiger partial charge in [0, 0.05) is 37.8 Å². The Morgan fingerprint density at radius 1 is 1.15 bits per heavy atom. The van der Waals surface area contributed by atoms with E-state index >= 15 is 0 Å². The fourth-order valence-electron chi connectivity index (χ4n) is 3.01. The predicted octanol–water partition coefficient (Wildman–Crippen LogP) is 2.60. The lowest BCUT2D eigenvalue weighted by Gasteiger charge is -2.36. The summed E-state index contributed by atoms with van der Waals surface area (Å²) in [7, 11) is 0. The maximum Gasteiger partial charge on any atom is 0.410 e. The van der Waals surface area contributed by atoms with Crippen LogP contribution in [-0.4, -0.2) is 58.6 Å². The second-order valence-electron chi connectivity index (χ2n) is 7.61. The number of aromatic nitrogens is 1. The first-order valence-electron chi connectivity index (χ1n) is 9.19. The minimum Gasteiger partial charge on any atom is -0.444 e. The molecule has 2 heterocycles. The van der Waals surface area contributed by atoms with Gasteiger partial charge in [0.2, 0.25) is 0 Å². The second-order valence-corrected chi connectivity index (χ2v) is 7.61. The van der Waals surface area contributed by atoms with E-state index < -0.39 is 5.60 Å². The zero-order chi connectivity index (χ0) is 19.4. The summed E-state index contributed by atoms with van der Waals surface area (Å²) in [5.74, 6) is 0.480. The van der Waals surface area contributed by atoms with Crippen molar-refractivity contribution in [2.75, 3.05) is 26.2 Å². The lowest BCUT2D eigenvalue weighted by Crippen LogP contribution is -2.53. The number of carbonyl (C=O) groups is 1. The molecule has 2 N–H and O–H groups in total. The molecule has 0 unspecified atom stereocenters. The Morgan fingerprint density at radius 2 is 1.81 bits per heavy atom. The smallest absolute Gasteiger partial charge is 0.410 e. The molecule has 1 aromatic carbocycles. The van der Waals surface area contributed by atoms with Gasteiger partial charge in [-0.2, -0.15) is 0 Å². The topological polar surface area (TPSA) is 84.0 Å². The summed E-state index contributed by atoms with van der Waals surface area (Å²) in [6.45, 7) is 8.44. The van der Waals surface area contributed by atoms with E-state index in [4.69, 9.17) is 10.5 Å². The van der Waals surface area contributed by atoms with Gasteiger partial charge in [-0.1, -0.05) is 24.3 Å². The Hall–Kier alpha value is -2.83. The Bertz CT molecular complexity index is 830. The molecule has 1 aliphatic rings. The van der Waals surface area contributed by atoms with Crippen LogP contribution in [0.15, 0.2) is 41.5 Å². The van der Waals surface area contributed by atoms with Gasteiger partial charge in [0.25, 0.3) is 0 Å². The third-order valence-corrected chi connectivity index (χ3v) is 4.40. The van der Waals surface area contributed by atoms with Gasteiger partial charge in [0.1, 0.15) is 5.60 Å². The van der Waals surface area contributed by atoms with Gasteiger partial charge in [-0.3, -0.25) is 4.98 Å². The number of fused-ring (bicyclic) bond motifs is 1. The molecule has 0 aliphatic carbocycles. The number of aliphatic imine (C=N–C) groups is 1. The molecule has 1 aliphatic heterocycles. The summed E-state index contributed by atoms with van der Waals surface area (Å²) in [5, 5.41) is 2.23. The Morgan fingerprint density at radius 3 is 2.52 bits per heavy atom. The molecule has 0 spiro atoms. The van der Waals surface area contributed by atoms with E-state index in [2.05, 4.69) is 16.0 Å². The summed E-state index contributed by atoms with van der Waals surface area (Å²) in [6, 6.07) is 10.1. The molecule has 0 atom stereocenters. The predicted molar refractivity (Wildman–Crippen MR) is 106 cm³/mol. The molecule has 1 aromatic heterocycles. The molecule has 1 fully saturated rings. The largest absolute Gasteiger partial charge is 0.444 e. The van der Waals surface area contributed by atoms with Crippen molar-refractivity contribution in [2.45, 2.75) is 32.9 Å². The van der Waals surface area contributed by atoms with Crippen molar-refractivity contribution in [2.24, 2.45) is 10.7 Å². The van der Waals surface area contributed by atoms with Crippen LogP contribution in [0.3, 0.4) is 0 Å². The van der Waals surface area contributed by atoms with Crippen LogP contribution in [0.1, 0.15) is 26.5 Å².